The standard InChI is InChI=1S/C13H17ClN2O.ClH/c1-9-4-5-10(8-11(9)14)16-12(17)13(15)6-2-3-7-13;/h4-5,8H,2-3,6-7,15H2,1H3,(H,16,17);1H. The predicted molar refractivity (Wildman–Crippen MR) is 77.5 cm³/mol. The summed E-state index contributed by atoms with van der Waals surface area (Å²) in [5.41, 5.74) is 7.08. The Balaban J connectivity index is 0.00000162. The lowest BCUT2D eigenvalue weighted by molar-refractivity contribution is -0.121. The SMILES string of the molecule is Cc1ccc(NC(=O)C2(N)CCCC2)cc1Cl.Cl. The maximum absolute atomic E-state index is 12.1. The number of carbonyl (C=O) groups excluding carboxylic acids is 1. The van der Waals surface area contributed by atoms with Crippen molar-refractivity contribution in [2.45, 2.75) is 38.1 Å². The first-order valence-electron chi connectivity index (χ1n) is 5.88. The zero-order valence-corrected chi connectivity index (χ0v) is 11.9. The number of rotatable bonds is 2. The number of benzene rings is 1. The van der Waals surface area contributed by atoms with Gasteiger partial charge in [-0.2, -0.15) is 0 Å². The minimum atomic E-state index is -0.697. The second kappa shape index (κ2) is 5.91. The summed E-state index contributed by atoms with van der Waals surface area (Å²) < 4.78 is 0. The summed E-state index contributed by atoms with van der Waals surface area (Å²) in [4.78, 5) is 12.1. The number of nitrogens with two attached hydrogens (primary N) is 1. The van der Waals surface area contributed by atoms with Gasteiger partial charge in [-0.3, -0.25) is 4.79 Å². The summed E-state index contributed by atoms with van der Waals surface area (Å²) in [6.07, 6.45) is 3.58. The molecule has 1 fully saturated rings. The molecule has 0 saturated heterocycles. The summed E-state index contributed by atoms with van der Waals surface area (Å²) in [7, 11) is 0. The largest absolute Gasteiger partial charge is 0.324 e. The van der Waals surface area contributed by atoms with Crippen molar-refractivity contribution in [3.63, 3.8) is 0 Å². The van der Waals surface area contributed by atoms with Gasteiger partial charge in [-0.05, 0) is 37.5 Å². The molecule has 0 aliphatic heterocycles. The molecule has 1 saturated carbocycles. The lowest BCUT2D eigenvalue weighted by Gasteiger charge is -2.22. The van der Waals surface area contributed by atoms with Crippen molar-refractivity contribution in [1.29, 1.82) is 0 Å². The molecular weight excluding hydrogens is 271 g/mol. The van der Waals surface area contributed by atoms with E-state index in [2.05, 4.69) is 5.32 Å². The van der Waals surface area contributed by atoms with Gasteiger partial charge < -0.3 is 11.1 Å². The van der Waals surface area contributed by atoms with E-state index in [1.807, 2.05) is 19.1 Å². The third kappa shape index (κ3) is 3.16. The molecule has 0 atom stereocenters. The Morgan fingerprint density at radius 2 is 2.00 bits per heavy atom. The number of hydrogen-bond acceptors (Lipinski definition) is 2. The van der Waals surface area contributed by atoms with Crippen molar-refractivity contribution < 1.29 is 4.79 Å². The number of aryl methyl sites for hydroxylation is 1. The van der Waals surface area contributed by atoms with Gasteiger partial charge in [0.05, 0.1) is 5.54 Å². The molecule has 3 N–H and O–H groups in total. The number of carbonyl (C=O) groups is 1. The average molecular weight is 289 g/mol. The average Bonchev–Trinajstić information content (AvgIpc) is 2.72. The predicted octanol–water partition coefficient (Wildman–Crippen LogP) is 3.28. The van der Waals surface area contributed by atoms with Gasteiger partial charge in [0.25, 0.3) is 0 Å². The molecule has 0 spiro atoms. The summed E-state index contributed by atoms with van der Waals surface area (Å²) in [6, 6.07) is 5.49. The molecule has 0 heterocycles. The van der Waals surface area contributed by atoms with Crippen LogP contribution in [-0.4, -0.2) is 11.4 Å². The molecule has 0 unspecified atom stereocenters. The van der Waals surface area contributed by atoms with E-state index in [-0.39, 0.29) is 18.3 Å². The number of anilines is 1. The van der Waals surface area contributed by atoms with Crippen LogP contribution < -0.4 is 11.1 Å². The first-order valence-corrected chi connectivity index (χ1v) is 6.25. The van der Waals surface area contributed by atoms with E-state index >= 15 is 0 Å². The van der Waals surface area contributed by atoms with Gasteiger partial charge in [-0.15, -0.1) is 12.4 Å². The summed E-state index contributed by atoms with van der Waals surface area (Å²) in [5.74, 6) is -0.102. The van der Waals surface area contributed by atoms with Crippen LogP contribution in [0.25, 0.3) is 0 Å². The highest BCUT2D eigenvalue weighted by atomic mass is 35.5. The van der Waals surface area contributed by atoms with Gasteiger partial charge in [0, 0.05) is 10.7 Å². The molecule has 2 rings (SSSR count). The molecule has 18 heavy (non-hydrogen) atoms. The lowest BCUT2D eigenvalue weighted by Crippen LogP contribution is -2.48. The van der Waals surface area contributed by atoms with Crippen molar-refractivity contribution in [2.75, 3.05) is 5.32 Å². The highest BCUT2D eigenvalue weighted by Crippen LogP contribution is 2.29. The quantitative estimate of drug-likeness (QED) is 0.877. The minimum Gasteiger partial charge on any atom is -0.324 e. The lowest BCUT2D eigenvalue weighted by atomic mass is 9.98. The summed E-state index contributed by atoms with van der Waals surface area (Å²) in [5, 5.41) is 3.50. The number of amides is 1. The Kier molecular flexibility index (Phi) is 5.02. The van der Waals surface area contributed by atoms with Crippen LogP contribution in [0.15, 0.2) is 18.2 Å². The van der Waals surface area contributed by atoms with E-state index < -0.39 is 5.54 Å². The zero-order chi connectivity index (χ0) is 12.5. The smallest absolute Gasteiger partial charge is 0.244 e. The maximum atomic E-state index is 12.1. The molecule has 1 aliphatic rings. The van der Waals surface area contributed by atoms with Crippen LogP contribution in [0.1, 0.15) is 31.2 Å². The molecule has 5 heteroatoms. The van der Waals surface area contributed by atoms with Gasteiger partial charge in [-0.25, -0.2) is 0 Å². The van der Waals surface area contributed by atoms with Crippen molar-refractivity contribution in [2.24, 2.45) is 5.73 Å². The minimum absolute atomic E-state index is 0. The van der Waals surface area contributed by atoms with Gasteiger partial charge in [0.1, 0.15) is 0 Å². The fourth-order valence-corrected chi connectivity index (χ4v) is 2.34. The molecule has 1 aromatic rings. The van der Waals surface area contributed by atoms with Gasteiger partial charge in [-0.1, -0.05) is 30.5 Å². The molecule has 3 nitrogen and oxygen atoms in total. The second-order valence-corrected chi connectivity index (χ2v) is 5.19. The third-order valence-electron chi connectivity index (χ3n) is 3.38. The van der Waals surface area contributed by atoms with Crippen molar-refractivity contribution in [3.05, 3.63) is 28.8 Å². The van der Waals surface area contributed by atoms with E-state index in [0.717, 1.165) is 31.2 Å². The van der Waals surface area contributed by atoms with E-state index in [4.69, 9.17) is 17.3 Å². The Hall–Kier alpha value is -0.770. The van der Waals surface area contributed by atoms with Crippen LogP contribution in [0.5, 0.6) is 0 Å². The van der Waals surface area contributed by atoms with Gasteiger partial charge in [0.2, 0.25) is 5.91 Å². The first kappa shape index (κ1) is 15.3. The molecule has 0 aromatic heterocycles. The maximum Gasteiger partial charge on any atom is 0.244 e. The Morgan fingerprint density at radius 3 is 2.56 bits per heavy atom. The molecule has 100 valence electrons. The Bertz CT molecular complexity index is 443. The van der Waals surface area contributed by atoms with E-state index in [1.165, 1.54) is 0 Å². The van der Waals surface area contributed by atoms with Crippen LogP contribution in [0.2, 0.25) is 5.02 Å². The molecule has 0 bridgehead atoms. The topological polar surface area (TPSA) is 55.1 Å². The van der Waals surface area contributed by atoms with Crippen LogP contribution in [0.3, 0.4) is 0 Å². The third-order valence-corrected chi connectivity index (χ3v) is 3.78. The highest BCUT2D eigenvalue weighted by Gasteiger charge is 2.36. The zero-order valence-electron chi connectivity index (χ0n) is 10.3. The van der Waals surface area contributed by atoms with Gasteiger partial charge in [0.15, 0.2) is 0 Å². The Morgan fingerprint density at radius 1 is 1.39 bits per heavy atom. The Labute approximate surface area is 118 Å². The van der Waals surface area contributed by atoms with Crippen molar-refractivity contribution in [1.82, 2.24) is 0 Å². The van der Waals surface area contributed by atoms with E-state index in [1.54, 1.807) is 6.07 Å². The molecule has 1 aromatic carbocycles. The number of nitrogens with one attached hydrogen (secondary N) is 1. The van der Waals surface area contributed by atoms with E-state index in [9.17, 15) is 4.79 Å². The van der Waals surface area contributed by atoms with Crippen LogP contribution in [0.4, 0.5) is 5.69 Å². The summed E-state index contributed by atoms with van der Waals surface area (Å²) in [6.45, 7) is 1.93. The van der Waals surface area contributed by atoms with Gasteiger partial charge >= 0.3 is 0 Å². The second-order valence-electron chi connectivity index (χ2n) is 4.78. The van der Waals surface area contributed by atoms with E-state index in [0.29, 0.717) is 10.7 Å². The van der Waals surface area contributed by atoms with Crippen LogP contribution in [-0.2, 0) is 4.79 Å². The molecule has 0 radical (unpaired) electrons. The normalized spacial score (nSPS) is 17.1. The number of halogens is 2. The fourth-order valence-electron chi connectivity index (χ4n) is 2.16. The van der Waals surface area contributed by atoms with Crippen LogP contribution in [0, 0.1) is 6.92 Å². The number of hydrogen-bond donors (Lipinski definition) is 2. The summed E-state index contributed by atoms with van der Waals surface area (Å²) >= 11 is 6.01. The molecular formula is C13H18Cl2N2O. The monoisotopic (exact) mass is 288 g/mol. The van der Waals surface area contributed by atoms with Crippen LogP contribution >= 0.6 is 24.0 Å². The molecule has 1 aliphatic carbocycles. The molecule has 1 amide bonds. The highest BCUT2D eigenvalue weighted by molar-refractivity contribution is 6.31. The fraction of sp³-hybridized carbons (Fsp3) is 0.462. The van der Waals surface area contributed by atoms with Crippen molar-refractivity contribution in [3.8, 4) is 0 Å². The first-order chi connectivity index (χ1) is 8.01. The van der Waals surface area contributed by atoms with Crippen molar-refractivity contribution >= 4 is 35.6 Å².